The van der Waals surface area contributed by atoms with E-state index in [4.69, 9.17) is 4.74 Å². The number of carbonyl (C=O) groups excluding carboxylic acids is 3. The molecule has 6 heteroatoms. The van der Waals surface area contributed by atoms with Crippen LogP contribution >= 0.6 is 15.9 Å². The Hall–Kier alpha value is -1.01. The summed E-state index contributed by atoms with van der Waals surface area (Å²) in [7, 11) is 0. The van der Waals surface area contributed by atoms with Gasteiger partial charge < -0.3 is 9.84 Å². The summed E-state index contributed by atoms with van der Waals surface area (Å²) < 4.78 is 5.23. The lowest BCUT2D eigenvalue weighted by atomic mass is 9.45. The van der Waals surface area contributed by atoms with Crippen molar-refractivity contribution < 1.29 is 24.2 Å². The molecule has 0 saturated heterocycles. The van der Waals surface area contributed by atoms with Gasteiger partial charge in [0, 0.05) is 24.2 Å². The van der Waals surface area contributed by atoms with Gasteiger partial charge in [0.25, 0.3) is 0 Å². The zero-order valence-electron chi connectivity index (χ0n) is 17.7. The van der Waals surface area contributed by atoms with E-state index in [1.165, 1.54) is 13.8 Å². The van der Waals surface area contributed by atoms with Gasteiger partial charge in [0.1, 0.15) is 0 Å². The molecular formula is C23H31BrO5. The third kappa shape index (κ3) is 2.51. The first-order chi connectivity index (χ1) is 13.4. The van der Waals surface area contributed by atoms with Crippen LogP contribution in [0.4, 0.5) is 0 Å². The molecule has 7 atom stereocenters. The van der Waals surface area contributed by atoms with Crippen LogP contribution in [0.1, 0.15) is 72.6 Å². The Kier molecular flexibility index (Phi) is 4.75. The predicted molar refractivity (Wildman–Crippen MR) is 111 cm³/mol. The number of hydrogen-bond acceptors (Lipinski definition) is 5. The summed E-state index contributed by atoms with van der Waals surface area (Å²) >= 11 is 4.05. The van der Waals surface area contributed by atoms with Gasteiger partial charge in [-0.25, -0.2) is 0 Å². The van der Waals surface area contributed by atoms with Crippen LogP contribution in [0.5, 0.6) is 0 Å². The highest BCUT2D eigenvalue weighted by atomic mass is 79.9. The highest BCUT2D eigenvalue weighted by Crippen LogP contribution is 2.72. The Morgan fingerprint density at radius 3 is 2.45 bits per heavy atom. The van der Waals surface area contributed by atoms with Crippen molar-refractivity contribution >= 4 is 33.5 Å². The van der Waals surface area contributed by atoms with E-state index in [2.05, 4.69) is 22.9 Å². The molecule has 3 fully saturated rings. The Balaban J connectivity index is 1.81. The van der Waals surface area contributed by atoms with Crippen molar-refractivity contribution in [2.24, 2.45) is 22.7 Å². The Labute approximate surface area is 180 Å². The predicted octanol–water partition coefficient (Wildman–Crippen LogP) is 3.90. The highest BCUT2D eigenvalue weighted by Gasteiger charge is 2.73. The Bertz CT molecular complexity index is 820. The van der Waals surface area contributed by atoms with Gasteiger partial charge in [-0.1, -0.05) is 35.4 Å². The van der Waals surface area contributed by atoms with E-state index in [1.807, 2.05) is 6.92 Å². The number of aliphatic hydroxyl groups excluding tert-OH is 1. The van der Waals surface area contributed by atoms with Gasteiger partial charge >= 0.3 is 5.97 Å². The molecule has 4 aliphatic rings. The molecule has 0 heterocycles. The summed E-state index contributed by atoms with van der Waals surface area (Å²) in [5.74, 6) is -0.0990. The first-order valence-corrected chi connectivity index (χ1v) is 11.5. The van der Waals surface area contributed by atoms with Gasteiger partial charge in [0.05, 0.1) is 10.4 Å². The average molecular weight is 467 g/mol. The molecule has 0 spiro atoms. The summed E-state index contributed by atoms with van der Waals surface area (Å²) in [5.41, 5.74) is -0.930. The fourth-order valence-corrected chi connectivity index (χ4v) is 8.78. The molecule has 5 nitrogen and oxygen atoms in total. The zero-order chi connectivity index (χ0) is 21.4. The second-order valence-electron chi connectivity index (χ2n) is 10.1. The monoisotopic (exact) mass is 466 g/mol. The molecular weight excluding hydrogens is 436 g/mol. The molecule has 7 unspecified atom stereocenters. The van der Waals surface area contributed by atoms with Crippen molar-refractivity contribution in [3.63, 3.8) is 0 Å². The average Bonchev–Trinajstić information content (AvgIpc) is 2.90. The maximum atomic E-state index is 12.8. The summed E-state index contributed by atoms with van der Waals surface area (Å²) in [6, 6.07) is 0. The maximum absolute atomic E-state index is 12.8. The van der Waals surface area contributed by atoms with E-state index in [0.717, 1.165) is 31.3 Å². The van der Waals surface area contributed by atoms with Gasteiger partial charge in [0.2, 0.25) is 0 Å². The van der Waals surface area contributed by atoms with E-state index in [0.29, 0.717) is 19.3 Å². The van der Waals surface area contributed by atoms with Gasteiger partial charge in [-0.15, -0.1) is 0 Å². The summed E-state index contributed by atoms with van der Waals surface area (Å²) in [6.07, 6.45) is 5.70. The topological polar surface area (TPSA) is 80.7 Å². The van der Waals surface area contributed by atoms with Gasteiger partial charge in [-0.3, -0.25) is 14.4 Å². The zero-order valence-corrected chi connectivity index (χ0v) is 19.3. The third-order valence-corrected chi connectivity index (χ3v) is 11.0. The number of ketones is 2. The fraction of sp³-hybridized carbons (Fsp3) is 0.783. The van der Waals surface area contributed by atoms with Crippen molar-refractivity contribution in [1.82, 2.24) is 0 Å². The number of aliphatic hydroxyl groups is 1. The molecule has 0 amide bonds. The van der Waals surface area contributed by atoms with Crippen LogP contribution in [0.25, 0.3) is 0 Å². The summed E-state index contributed by atoms with van der Waals surface area (Å²) in [4.78, 5) is 36.8. The van der Waals surface area contributed by atoms with Crippen molar-refractivity contribution in [2.45, 2.75) is 88.7 Å². The number of alkyl halides is 1. The van der Waals surface area contributed by atoms with Crippen LogP contribution in [-0.4, -0.2) is 38.7 Å². The summed E-state index contributed by atoms with van der Waals surface area (Å²) in [6.45, 7) is 7.07. The van der Waals surface area contributed by atoms with E-state index >= 15 is 0 Å². The minimum atomic E-state index is -1.17. The number of carbonyl (C=O) groups is 3. The number of allylic oxidation sites excluding steroid dienone is 1. The lowest BCUT2D eigenvalue weighted by molar-refractivity contribution is -0.194. The van der Waals surface area contributed by atoms with Crippen molar-refractivity contribution in [1.29, 1.82) is 0 Å². The number of Topliss-reactive ketones (excluding diaryl/α,β-unsaturated/α-hetero) is 1. The molecule has 0 bridgehead atoms. The van der Waals surface area contributed by atoms with Crippen LogP contribution in [0, 0.1) is 22.7 Å². The van der Waals surface area contributed by atoms with Gasteiger partial charge in [-0.2, -0.15) is 0 Å². The molecule has 3 saturated carbocycles. The number of esters is 1. The van der Waals surface area contributed by atoms with Crippen LogP contribution in [-0.2, 0) is 19.1 Å². The summed E-state index contributed by atoms with van der Waals surface area (Å²) in [5, 5.41) is 11.6. The molecule has 1 N–H and O–H groups in total. The van der Waals surface area contributed by atoms with Crippen LogP contribution in [0.15, 0.2) is 11.6 Å². The second-order valence-corrected chi connectivity index (χ2v) is 11.5. The van der Waals surface area contributed by atoms with E-state index in [-0.39, 0.29) is 28.8 Å². The molecule has 0 aliphatic heterocycles. The highest BCUT2D eigenvalue weighted by molar-refractivity contribution is 9.10. The molecule has 0 aromatic heterocycles. The Morgan fingerprint density at radius 2 is 1.83 bits per heavy atom. The van der Waals surface area contributed by atoms with E-state index in [1.54, 1.807) is 6.08 Å². The van der Waals surface area contributed by atoms with Crippen LogP contribution in [0.2, 0.25) is 0 Å². The number of rotatable bonds is 2. The first-order valence-electron chi connectivity index (χ1n) is 10.7. The normalized spacial score (nSPS) is 48.8. The smallest absolute Gasteiger partial charge is 0.303 e. The largest absolute Gasteiger partial charge is 0.451 e. The molecule has 29 heavy (non-hydrogen) atoms. The number of fused-ring (bicyclic) bond motifs is 5. The lowest BCUT2D eigenvalue weighted by Crippen LogP contribution is -2.69. The molecule has 0 aromatic carbocycles. The second kappa shape index (κ2) is 6.49. The van der Waals surface area contributed by atoms with Crippen LogP contribution < -0.4 is 0 Å². The number of ether oxygens (including phenoxy) is 1. The first kappa shape index (κ1) is 21.2. The molecule has 4 rings (SSSR count). The minimum absolute atomic E-state index is 0.127. The molecule has 0 radical (unpaired) electrons. The third-order valence-electron chi connectivity index (χ3n) is 9.05. The van der Waals surface area contributed by atoms with Crippen molar-refractivity contribution in [3.05, 3.63) is 11.6 Å². The molecule has 160 valence electrons. The minimum Gasteiger partial charge on any atom is -0.451 e. The van der Waals surface area contributed by atoms with Gasteiger partial charge in [0.15, 0.2) is 17.2 Å². The molecule has 0 aromatic rings. The van der Waals surface area contributed by atoms with Crippen LogP contribution in [0.3, 0.4) is 0 Å². The maximum Gasteiger partial charge on any atom is 0.303 e. The van der Waals surface area contributed by atoms with E-state index in [9.17, 15) is 19.5 Å². The number of hydrogen-bond donors (Lipinski definition) is 1. The van der Waals surface area contributed by atoms with E-state index < -0.39 is 27.4 Å². The van der Waals surface area contributed by atoms with Gasteiger partial charge in [-0.05, 0) is 63.4 Å². The molecule has 4 aliphatic carbocycles. The SMILES string of the molecule is CC(=O)OC1(C(C)=O)CCC2C3CCC4=CC(=O)CCC4(C)C3(Br)C(O)CC21C. The number of halogens is 1. The fourth-order valence-electron chi connectivity index (χ4n) is 7.62. The van der Waals surface area contributed by atoms with Crippen molar-refractivity contribution in [2.75, 3.05) is 0 Å². The standard InChI is InChI=1S/C23H31BrO5/c1-13(25)22(29-14(2)26)10-8-17-18-6-5-15-11-16(27)7-9-20(15,3)23(18,24)19(28)12-21(17,22)4/h11,17-19,28H,5-10,12H2,1-4H3. The lowest BCUT2D eigenvalue weighted by Gasteiger charge is -2.65. The quantitative estimate of drug-likeness (QED) is 0.492. The van der Waals surface area contributed by atoms with Crippen molar-refractivity contribution in [3.8, 4) is 0 Å². The Morgan fingerprint density at radius 1 is 1.14 bits per heavy atom.